The van der Waals surface area contributed by atoms with Gasteiger partial charge in [0.2, 0.25) is 5.43 Å². The number of aliphatic hydroxyl groups is 1. The first-order valence-electron chi connectivity index (χ1n) is 8.90. The molecule has 2 aliphatic rings. The van der Waals surface area contributed by atoms with Crippen LogP contribution in [-0.4, -0.2) is 5.11 Å². The van der Waals surface area contributed by atoms with Crippen LogP contribution < -0.4 is 10.2 Å². The molecule has 2 aromatic rings. The van der Waals surface area contributed by atoms with Crippen LogP contribution in [0.1, 0.15) is 12.5 Å². The summed E-state index contributed by atoms with van der Waals surface area (Å²) >= 11 is 12.6. The number of fused-ring (bicyclic) bond motifs is 2. The Bertz CT molecular complexity index is 1270. The lowest BCUT2D eigenvalue weighted by Crippen LogP contribution is -2.03. The highest BCUT2D eigenvalue weighted by molar-refractivity contribution is 6.33. The fourth-order valence-electron chi connectivity index (χ4n) is 3.32. The molecule has 29 heavy (non-hydrogen) atoms. The van der Waals surface area contributed by atoms with E-state index in [0.29, 0.717) is 33.1 Å². The summed E-state index contributed by atoms with van der Waals surface area (Å²) in [5, 5.41) is 11.1. The number of benzene rings is 3. The van der Waals surface area contributed by atoms with Gasteiger partial charge in [-0.05, 0) is 30.2 Å². The molecule has 0 saturated carbocycles. The molecule has 4 rings (SSSR count). The number of halogens is 2. The predicted molar refractivity (Wildman–Crippen MR) is 116 cm³/mol. The fourth-order valence-corrected chi connectivity index (χ4v) is 3.69. The third-order valence-corrected chi connectivity index (χ3v) is 5.21. The summed E-state index contributed by atoms with van der Waals surface area (Å²) in [6.07, 6.45) is 3.26. The molecule has 0 amide bonds. The molecule has 0 radical (unpaired) electrons. The van der Waals surface area contributed by atoms with Gasteiger partial charge in [-0.1, -0.05) is 53.5 Å². The van der Waals surface area contributed by atoms with Crippen LogP contribution in [0.3, 0.4) is 0 Å². The molecule has 1 heterocycles. The predicted octanol–water partition coefficient (Wildman–Crippen LogP) is 6.28. The quantitative estimate of drug-likeness (QED) is 0.308. The van der Waals surface area contributed by atoms with Crippen molar-refractivity contribution in [2.45, 2.75) is 13.5 Å². The van der Waals surface area contributed by atoms with E-state index in [1.54, 1.807) is 24.3 Å². The highest BCUT2D eigenvalue weighted by atomic mass is 35.5. The van der Waals surface area contributed by atoms with Crippen molar-refractivity contribution in [1.29, 1.82) is 0 Å². The van der Waals surface area contributed by atoms with Crippen molar-refractivity contribution in [2.24, 2.45) is 0 Å². The van der Waals surface area contributed by atoms with E-state index in [1.165, 1.54) is 12.3 Å². The summed E-state index contributed by atoms with van der Waals surface area (Å²) in [4.78, 5) is 12.1. The lowest BCUT2D eigenvalue weighted by atomic mass is 9.91. The molecule has 0 aromatic heterocycles. The number of aliphatic hydroxyl groups excluding tert-OH is 1. The van der Waals surface area contributed by atoms with Gasteiger partial charge in [-0.15, -0.1) is 0 Å². The summed E-state index contributed by atoms with van der Waals surface area (Å²) in [6, 6.07) is 13.9. The Kier molecular flexibility index (Phi) is 5.33. The second kappa shape index (κ2) is 7.91. The molecule has 6 heteroatoms. The van der Waals surface area contributed by atoms with Gasteiger partial charge in [0.05, 0.1) is 22.9 Å². The van der Waals surface area contributed by atoms with Crippen molar-refractivity contribution in [3.63, 3.8) is 0 Å². The van der Waals surface area contributed by atoms with Crippen molar-refractivity contribution in [1.82, 2.24) is 0 Å². The minimum Gasteiger partial charge on any atom is -0.464 e. The molecule has 0 fully saturated rings. The highest BCUT2D eigenvalue weighted by Crippen LogP contribution is 2.44. The molecule has 1 N–H and O–H groups in total. The molecule has 1 aliphatic carbocycles. The fraction of sp³-hybridized carbons (Fsp3) is 0.0870. The third kappa shape index (κ3) is 3.51. The van der Waals surface area contributed by atoms with Crippen molar-refractivity contribution in [3.8, 4) is 28.2 Å². The maximum Gasteiger partial charge on any atom is 0.200 e. The third-order valence-electron chi connectivity index (χ3n) is 4.61. The first-order chi connectivity index (χ1) is 14.0. The highest BCUT2D eigenvalue weighted by Gasteiger charge is 2.21. The smallest absolute Gasteiger partial charge is 0.200 e. The second-order valence-electron chi connectivity index (χ2n) is 6.44. The molecule has 146 valence electrons. The normalized spacial score (nSPS) is 11.6. The lowest BCUT2D eigenvalue weighted by Gasteiger charge is -2.18. The minimum absolute atomic E-state index is 0.0916. The van der Waals surface area contributed by atoms with Gasteiger partial charge in [-0.2, -0.15) is 0 Å². The Labute approximate surface area is 176 Å². The molecule has 0 spiro atoms. The molecule has 0 atom stereocenters. The van der Waals surface area contributed by atoms with Crippen LogP contribution >= 0.6 is 23.2 Å². The first kappa shape index (κ1) is 19.5. The van der Waals surface area contributed by atoms with Crippen LogP contribution in [0, 0.1) is 0 Å². The van der Waals surface area contributed by atoms with E-state index in [-0.39, 0.29) is 17.1 Å². The molecule has 4 nitrogen and oxygen atoms in total. The second-order valence-corrected chi connectivity index (χ2v) is 7.25. The van der Waals surface area contributed by atoms with E-state index in [4.69, 9.17) is 32.4 Å². The summed E-state index contributed by atoms with van der Waals surface area (Å²) < 4.78 is 11.6. The number of rotatable bonds is 4. The SMILES string of the molecule is CC=COc1cc2oc3cc(=O)c(Cl)cc-3c(-c3ccccc3CO)c2cc1Cl. The zero-order valence-electron chi connectivity index (χ0n) is 15.4. The Hall–Kier alpha value is -2.79. The van der Waals surface area contributed by atoms with E-state index in [9.17, 15) is 9.90 Å². The zero-order valence-corrected chi connectivity index (χ0v) is 16.9. The summed E-state index contributed by atoms with van der Waals surface area (Å²) in [5.74, 6) is 0.812. The van der Waals surface area contributed by atoms with Gasteiger partial charge in [0.15, 0.2) is 0 Å². The molecular weight excluding hydrogens is 411 g/mol. The van der Waals surface area contributed by atoms with Crippen molar-refractivity contribution < 1.29 is 14.3 Å². The number of ether oxygens (including phenoxy) is 1. The van der Waals surface area contributed by atoms with Crippen LogP contribution in [-0.2, 0) is 6.61 Å². The maximum absolute atomic E-state index is 12.1. The van der Waals surface area contributed by atoms with Crippen molar-refractivity contribution in [2.75, 3.05) is 0 Å². The van der Waals surface area contributed by atoms with Gasteiger partial charge in [-0.25, -0.2) is 0 Å². The summed E-state index contributed by atoms with van der Waals surface area (Å²) in [6.45, 7) is 1.69. The molecule has 2 aromatic carbocycles. The number of allylic oxidation sites excluding steroid dienone is 1. The van der Waals surface area contributed by atoms with Crippen molar-refractivity contribution >= 4 is 34.2 Å². The Morgan fingerprint density at radius 2 is 1.86 bits per heavy atom. The average Bonchev–Trinajstić information content (AvgIpc) is 2.72. The Balaban J connectivity index is 2.16. The van der Waals surface area contributed by atoms with E-state index in [0.717, 1.165) is 16.7 Å². The van der Waals surface area contributed by atoms with Crippen LogP contribution in [0.2, 0.25) is 10.0 Å². The molecule has 0 bridgehead atoms. The maximum atomic E-state index is 12.1. The van der Waals surface area contributed by atoms with Crippen LogP contribution in [0.5, 0.6) is 5.75 Å². The Morgan fingerprint density at radius 3 is 2.62 bits per heavy atom. The largest absolute Gasteiger partial charge is 0.464 e. The van der Waals surface area contributed by atoms with Gasteiger partial charge in [0.1, 0.15) is 17.1 Å². The van der Waals surface area contributed by atoms with Gasteiger partial charge < -0.3 is 14.3 Å². The standard InChI is InChI=1S/C23H16Cl2O4/c1-2-7-28-22-11-21-16(9-18(22)25)23(14-6-4-3-5-13(14)12-26)15-8-17(24)19(27)10-20(15)29-21/h2-11,26H,12H2,1H3. The summed E-state index contributed by atoms with van der Waals surface area (Å²) in [7, 11) is 0. The monoisotopic (exact) mass is 426 g/mol. The van der Waals surface area contributed by atoms with Gasteiger partial charge >= 0.3 is 0 Å². The molecule has 1 aliphatic heterocycles. The first-order valence-corrected chi connectivity index (χ1v) is 9.65. The van der Waals surface area contributed by atoms with Crippen LogP contribution in [0.15, 0.2) is 70.1 Å². The molecular formula is C23H16Cl2O4. The van der Waals surface area contributed by atoms with E-state index >= 15 is 0 Å². The lowest BCUT2D eigenvalue weighted by molar-refractivity contribution is 0.282. The van der Waals surface area contributed by atoms with E-state index < -0.39 is 0 Å². The topological polar surface area (TPSA) is 59.7 Å². The van der Waals surface area contributed by atoms with Crippen molar-refractivity contribution in [3.05, 3.63) is 86.7 Å². The Morgan fingerprint density at radius 1 is 1.07 bits per heavy atom. The van der Waals surface area contributed by atoms with Gasteiger partial charge in [0, 0.05) is 28.6 Å². The number of hydrogen-bond donors (Lipinski definition) is 1. The van der Waals surface area contributed by atoms with Gasteiger partial charge in [0.25, 0.3) is 0 Å². The molecule has 0 unspecified atom stereocenters. The zero-order chi connectivity index (χ0) is 20.5. The molecule has 0 saturated heterocycles. The van der Waals surface area contributed by atoms with Gasteiger partial charge in [-0.3, -0.25) is 4.79 Å². The van der Waals surface area contributed by atoms with Crippen LogP contribution in [0.4, 0.5) is 0 Å². The summed E-state index contributed by atoms with van der Waals surface area (Å²) in [5.41, 5.74) is 3.12. The average molecular weight is 427 g/mol. The van der Waals surface area contributed by atoms with Crippen LogP contribution in [0.25, 0.3) is 33.4 Å². The van der Waals surface area contributed by atoms with E-state index in [2.05, 4.69) is 0 Å². The minimum atomic E-state index is -0.331. The van der Waals surface area contributed by atoms with E-state index in [1.807, 2.05) is 31.2 Å². The number of hydrogen-bond acceptors (Lipinski definition) is 4.